The van der Waals surface area contributed by atoms with Crippen LogP contribution in [0, 0.1) is 5.92 Å². The van der Waals surface area contributed by atoms with Crippen LogP contribution in [0.4, 0.5) is 0 Å². The second-order valence-corrected chi connectivity index (χ2v) is 3.96. The van der Waals surface area contributed by atoms with E-state index in [2.05, 4.69) is 43.7 Å². The van der Waals surface area contributed by atoms with E-state index in [1.54, 1.807) is 0 Å². The van der Waals surface area contributed by atoms with Gasteiger partial charge in [0.05, 0.1) is 0 Å². The van der Waals surface area contributed by atoms with E-state index >= 15 is 0 Å². The van der Waals surface area contributed by atoms with Gasteiger partial charge < -0.3 is 0 Å². The first-order valence-corrected chi connectivity index (χ1v) is 4.82. The third-order valence-corrected chi connectivity index (χ3v) is 2.21. The van der Waals surface area contributed by atoms with Crippen LogP contribution in [-0.2, 0) is 0 Å². The van der Waals surface area contributed by atoms with Gasteiger partial charge in [-0.15, -0.1) is 0 Å². The largest absolute Gasteiger partial charge is 0.148 e. The molecule has 0 bridgehead atoms. The molecule has 0 radical (unpaired) electrons. The lowest BCUT2D eigenvalue weighted by Gasteiger charge is -2.07. The maximum absolute atomic E-state index is 3.42. The normalized spacial score (nSPS) is 12.6. The summed E-state index contributed by atoms with van der Waals surface area (Å²) in [6.07, 6.45) is 6.09. The SMILES string of the molecule is B/C(Br)=C/CC(CC)CC. The van der Waals surface area contributed by atoms with Gasteiger partial charge in [-0.3, -0.25) is 0 Å². The van der Waals surface area contributed by atoms with Crippen LogP contribution in [0.25, 0.3) is 0 Å². The molecule has 0 saturated carbocycles. The van der Waals surface area contributed by atoms with Crippen molar-refractivity contribution in [3.05, 3.63) is 10.5 Å². The minimum Gasteiger partial charge on any atom is -0.0839 e. The summed E-state index contributed by atoms with van der Waals surface area (Å²) in [4.78, 5) is 0. The summed E-state index contributed by atoms with van der Waals surface area (Å²) in [5, 5.41) is 0. The average Bonchev–Trinajstić information content (AvgIpc) is 1.90. The van der Waals surface area contributed by atoms with Gasteiger partial charge in [-0.2, -0.15) is 0 Å². The van der Waals surface area contributed by atoms with Crippen molar-refractivity contribution in [3.8, 4) is 0 Å². The second kappa shape index (κ2) is 6.02. The van der Waals surface area contributed by atoms with Crippen molar-refractivity contribution in [1.29, 1.82) is 0 Å². The third-order valence-electron chi connectivity index (χ3n) is 1.89. The first kappa shape index (κ1) is 10.3. The number of halogens is 1. The topological polar surface area (TPSA) is 0 Å². The lowest BCUT2D eigenvalue weighted by atomic mass is 9.97. The molecule has 0 amide bonds. The van der Waals surface area contributed by atoms with Crippen molar-refractivity contribution in [2.45, 2.75) is 33.1 Å². The molecule has 0 aromatic heterocycles. The van der Waals surface area contributed by atoms with E-state index in [0.717, 1.165) is 5.92 Å². The second-order valence-electron chi connectivity index (χ2n) is 2.71. The molecule has 0 fully saturated rings. The molecule has 0 spiro atoms. The van der Waals surface area contributed by atoms with Crippen LogP contribution in [0.1, 0.15) is 33.1 Å². The van der Waals surface area contributed by atoms with Crippen molar-refractivity contribution in [2.24, 2.45) is 5.92 Å². The first-order valence-electron chi connectivity index (χ1n) is 4.02. The summed E-state index contributed by atoms with van der Waals surface area (Å²) >= 11 is 3.42. The van der Waals surface area contributed by atoms with E-state index in [-0.39, 0.29) is 0 Å². The number of rotatable bonds is 4. The highest BCUT2D eigenvalue weighted by Crippen LogP contribution is 2.14. The van der Waals surface area contributed by atoms with Crippen molar-refractivity contribution >= 4 is 23.8 Å². The molecule has 0 unspecified atom stereocenters. The van der Waals surface area contributed by atoms with Crippen LogP contribution in [0.2, 0.25) is 0 Å². The molecule has 0 rings (SSSR count). The minimum atomic E-state index is 0.882. The summed E-state index contributed by atoms with van der Waals surface area (Å²) in [7, 11) is 2.09. The zero-order valence-corrected chi connectivity index (χ0v) is 8.74. The Bertz CT molecular complexity index is 102. The van der Waals surface area contributed by atoms with E-state index in [1.807, 2.05) is 0 Å². The zero-order valence-electron chi connectivity index (χ0n) is 7.15. The Hall–Kier alpha value is 0.285. The van der Waals surface area contributed by atoms with Crippen LogP contribution in [0.5, 0.6) is 0 Å². The van der Waals surface area contributed by atoms with Crippen LogP contribution in [0.15, 0.2) is 10.5 Å². The lowest BCUT2D eigenvalue weighted by Crippen LogP contribution is -1.93. The van der Waals surface area contributed by atoms with E-state index < -0.39 is 0 Å². The summed E-state index contributed by atoms with van der Waals surface area (Å²) in [5.74, 6) is 0.882. The molecule has 0 atom stereocenters. The number of allylic oxidation sites excluding steroid dienone is 1. The van der Waals surface area contributed by atoms with E-state index in [0.29, 0.717) is 0 Å². The molecule has 0 nitrogen and oxygen atoms in total. The standard InChI is InChI=1S/C8H16BBr/c1-3-7(4-2)5-6-8(9)10/h6-7H,3-5,9H2,1-2H3/b8-6-. The summed E-state index contributed by atoms with van der Waals surface area (Å²) in [5.41, 5.74) is 0. The highest BCUT2D eigenvalue weighted by molar-refractivity contribution is 9.12. The van der Waals surface area contributed by atoms with Gasteiger partial charge in [0.25, 0.3) is 0 Å². The van der Waals surface area contributed by atoms with Crippen molar-refractivity contribution in [3.63, 3.8) is 0 Å². The van der Waals surface area contributed by atoms with Crippen LogP contribution >= 0.6 is 15.9 Å². The molecule has 0 saturated heterocycles. The van der Waals surface area contributed by atoms with Gasteiger partial charge in [0.2, 0.25) is 0 Å². The van der Waals surface area contributed by atoms with E-state index in [1.165, 1.54) is 23.6 Å². The molecule has 58 valence electrons. The van der Waals surface area contributed by atoms with E-state index in [9.17, 15) is 0 Å². The van der Waals surface area contributed by atoms with Crippen molar-refractivity contribution in [1.82, 2.24) is 0 Å². The molecule has 2 heteroatoms. The molecule has 0 N–H and O–H groups in total. The predicted octanol–water partition coefficient (Wildman–Crippen LogP) is 2.68. The van der Waals surface area contributed by atoms with Gasteiger partial charge in [0.15, 0.2) is 0 Å². The quantitative estimate of drug-likeness (QED) is 0.616. The molecule has 10 heavy (non-hydrogen) atoms. The maximum Gasteiger partial charge on any atom is 0.148 e. The summed E-state index contributed by atoms with van der Waals surface area (Å²) in [6.45, 7) is 4.51. The van der Waals surface area contributed by atoms with Gasteiger partial charge >= 0.3 is 0 Å². The molecule has 0 heterocycles. The maximum atomic E-state index is 3.42. The Morgan fingerprint density at radius 3 is 2.30 bits per heavy atom. The number of hydrogen-bond donors (Lipinski definition) is 0. The van der Waals surface area contributed by atoms with Crippen molar-refractivity contribution in [2.75, 3.05) is 0 Å². The predicted molar refractivity (Wildman–Crippen MR) is 54.2 cm³/mol. The first-order chi connectivity index (χ1) is 4.70. The Morgan fingerprint density at radius 1 is 1.50 bits per heavy atom. The van der Waals surface area contributed by atoms with Gasteiger partial charge in [0.1, 0.15) is 7.85 Å². The fourth-order valence-corrected chi connectivity index (χ4v) is 1.14. The van der Waals surface area contributed by atoms with Crippen LogP contribution < -0.4 is 0 Å². The number of hydrogen-bond acceptors (Lipinski definition) is 0. The Kier molecular flexibility index (Phi) is 6.20. The van der Waals surface area contributed by atoms with Gasteiger partial charge in [0, 0.05) is 0 Å². The molecule has 0 aliphatic carbocycles. The third kappa shape index (κ3) is 5.10. The molecule has 0 aromatic rings. The molecule has 0 aromatic carbocycles. The van der Waals surface area contributed by atoms with Crippen LogP contribution in [0.3, 0.4) is 0 Å². The molecular weight excluding hydrogens is 187 g/mol. The average molecular weight is 203 g/mol. The Labute approximate surface area is 73.6 Å². The highest BCUT2D eigenvalue weighted by atomic mass is 79.9. The van der Waals surface area contributed by atoms with Gasteiger partial charge in [-0.05, 0) is 12.3 Å². The molecule has 0 aliphatic heterocycles. The molecule has 0 aliphatic rings. The zero-order chi connectivity index (χ0) is 7.98. The van der Waals surface area contributed by atoms with Crippen molar-refractivity contribution < 1.29 is 0 Å². The smallest absolute Gasteiger partial charge is 0.0839 e. The Balaban J connectivity index is 3.54. The molecular formula is C8H16BBr. The fourth-order valence-electron chi connectivity index (χ4n) is 0.951. The van der Waals surface area contributed by atoms with E-state index in [4.69, 9.17) is 0 Å². The minimum absolute atomic E-state index is 0.882. The lowest BCUT2D eigenvalue weighted by molar-refractivity contribution is 0.500. The monoisotopic (exact) mass is 202 g/mol. The van der Waals surface area contributed by atoms with Gasteiger partial charge in [-0.25, -0.2) is 0 Å². The fraction of sp³-hybridized carbons (Fsp3) is 0.750. The summed E-state index contributed by atoms with van der Waals surface area (Å²) in [6, 6.07) is 0. The van der Waals surface area contributed by atoms with Crippen LogP contribution in [-0.4, -0.2) is 7.85 Å². The van der Waals surface area contributed by atoms with Gasteiger partial charge in [-0.1, -0.05) is 53.1 Å². The summed E-state index contributed by atoms with van der Waals surface area (Å²) < 4.78 is 1.26. The highest BCUT2D eigenvalue weighted by Gasteiger charge is 1.99. The Morgan fingerprint density at radius 2 is 2.00 bits per heavy atom.